The molecule has 0 unspecified atom stereocenters. The summed E-state index contributed by atoms with van der Waals surface area (Å²) in [6.45, 7) is 2.42. The number of nitrogens with zero attached hydrogens (tertiary/aromatic N) is 1. The maximum atomic E-state index is 13.2. The summed E-state index contributed by atoms with van der Waals surface area (Å²) >= 11 is 0. The van der Waals surface area contributed by atoms with Gasteiger partial charge in [0.05, 0.1) is 4.90 Å². The van der Waals surface area contributed by atoms with Gasteiger partial charge in [0.15, 0.2) is 0 Å². The second kappa shape index (κ2) is 6.17. The minimum atomic E-state index is -3.63. The molecule has 1 aliphatic heterocycles. The Morgan fingerprint density at radius 2 is 2.11 bits per heavy atom. The van der Waals surface area contributed by atoms with E-state index >= 15 is 0 Å². The van der Waals surface area contributed by atoms with Crippen molar-refractivity contribution in [3.63, 3.8) is 0 Å². The molecule has 0 radical (unpaired) electrons. The van der Waals surface area contributed by atoms with Gasteiger partial charge >= 0.3 is 0 Å². The predicted molar refractivity (Wildman–Crippen MR) is 74.4 cm³/mol. The molecule has 0 saturated carbocycles. The van der Waals surface area contributed by atoms with Crippen LogP contribution in [0.5, 0.6) is 0 Å². The van der Waals surface area contributed by atoms with Crippen LogP contribution >= 0.6 is 12.4 Å². The smallest absolute Gasteiger partial charge is 0.243 e. The van der Waals surface area contributed by atoms with Gasteiger partial charge < -0.3 is 5.73 Å². The molecule has 0 aliphatic carbocycles. The number of nitrogens with two attached hydrogens (primary N) is 1. The summed E-state index contributed by atoms with van der Waals surface area (Å²) in [6.07, 6.45) is 1.57. The van der Waals surface area contributed by atoms with E-state index in [0.29, 0.717) is 18.7 Å². The third-order valence-corrected chi connectivity index (χ3v) is 5.20. The fraction of sp³-hybridized carbons (Fsp3) is 0.500. The molecule has 0 bridgehead atoms. The SMILES string of the molecule is Cc1ccc(F)cc1S(=O)(=O)N1CCC[C@@H](N)C1.Cl. The molecule has 1 aromatic rings. The number of sulfonamides is 1. The van der Waals surface area contributed by atoms with Gasteiger partial charge in [-0.2, -0.15) is 4.31 Å². The quantitative estimate of drug-likeness (QED) is 0.904. The maximum Gasteiger partial charge on any atom is 0.243 e. The van der Waals surface area contributed by atoms with Crippen molar-refractivity contribution in [1.29, 1.82) is 0 Å². The molecule has 2 rings (SSSR count). The molecule has 4 nitrogen and oxygen atoms in total. The minimum absolute atomic E-state index is 0. The molecule has 1 saturated heterocycles. The molecule has 1 heterocycles. The van der Waals surface area contributed by atoms with Crippen LogP contribution in [0.4, 0.5) is 4.39 Å². The first-order valence-corrected chi connectivity index (χ1v) is 7.37. The molecule has 108 valence electrons. The van der Waals surface area contributed by atoms with Crippen LogP contribution in [0.2, 0.25) is 0 Å². The van der Waals surface area contributed by atoms with Crippen LogP contribution in [0.3, 0.4) is 0 Å². The third kappa shape index (κ3) is 3.45. The molecule has 0 aromatic heterocycles. The lowest BCUT2D eigenvalue weighted by atomic mass is 10.1. The first-order chi connectivity index (χ1) is 8.41. The van der Waals surface area contributed by atoms with Crippen LogP contribution in [0.1, 0.15) is 18.4 Å². The normalized spacial score (nSPS) is 20.9. The Kier molecular flexibility index (Phi) is 5.32. The molecule has 0 amide bonds. The van der Waals surface area contributed by atoms with Gasteiger partial charge in [0, 0.05) is 19.1 Å². The monoisotopic (exact) mass is 308 g/mol. The van der Waals surface area contributed by atoms with Gasteiger partial charge in [0.25, 0.3) is 0 Å². The first-order valence-electron chi connectivity index (χ1n) is 5.93. The Morgan fingerprint density at radius 3 is 2.74 bits per heavy atom. The highest BCUT2D eigenvalue weighted by Gasteiger charge is 2.30. The van der Waals surface area contributed by atoms with Crippen molar-refractivity contribution in [2.75, 3.05) is 13.1 Å². The van der Waals surface area contributed by atoms with Crippen molar-refractivity contribution < 1.29 is 12.8 Å². The van der Waals surface area contributed by atoms with E-state index in [0.717, 1.165) is 18.9 Å². The molecule has 1 aliphatic rings. The van der Waals surface area contributed by atoms with Crippen LogP contribution in [0.15, 0.2) is 23.1 Å². The van der Waals surface area contributed by atoms with Crippen molar-refractivity contribution in [2.24, 2.45) is 5.73 Å². The Labute approximate surface area is 119 Å². The Morgan fingerprint density at radius 1 is 1.42 bits per heavy atom. The van der Waals surface area contributed by atoms with Crippen LogP contribution in [-0.4, -0.2) is 31.9 Å². The average Bonchev–Trinajstić information content (AvgIpc) is 2.32. The molecule has 7 heteroatoms. The molecular formula is C12H18ClFN2O2S. The van der Waals surface area contributed by atoms with E-state index in [4.69, 9.17) is 5.73 Å². The summed E-state index contributed by atoms with van der Waals surface area (Å²) in [5, 5.41) is 0. The number of aryl methyl sites for hydroxylation is 1. The van der Waals surface area contributed by atoms with Crippen molar-refractivity contribution in [3.8, 4) is 0 Å². The first kappa shape index (κ1) is 16.4. The lowest BCUT2D eigenvalue weighted by molar-refractivity contribution is 0.316. The van der Waals surface area contributed by atoms with Crippen molar-refractivity contribution in [1.82, 2.24) is 4.31 Å². The zero-order chi connectivity index (χ0) is 13.3. The lowest BCUT2D eigenvalue weighted by Crippen LogP contribution is -2.45. The van der Waals surface area contributed by atoms with Gasteiger partial charge in [-0.25, -0.2) is 12.8 Å². The van der Waals surface area contributed by atoms with Crippen molar-refractivity contribution >= 4 is 22.4 Å². The van der Waals surface area contributed by atoms with E-state index in [-0.39, 0.29) is 23.3 Å². The topological polar surface area (TPSA) is 63.4 Å². The van der Waals surface area contributed by atoms with Gasteiger partial charge in [0.1, 0.15) is 5.82 Å². The second-order valence-electron chi connectivity index (χ2n) is 4.68. The largest absolute Gasteiger partial charge is 0.327 e. The average molecular weight is 309 g/mol. The van der Waals surface area contributed by atoms with E-state index in [9.17, 15) is 12.8 Å². The molecule has 2 N–H and O–H groups in total. The van der Waals surface area contributed by atoms with Gasteiger partial charge in [-0.1, -0.05) is 6.07 Å². The fourth-order valence-corrected chi connectivity index (χ4v) is 3.95. The van der Waals surface area contributed by atoms with Gasteiger partial charge in [-0.05, 0) is 37.5 Å². The summed E-state index contributed by atoms with van der Waals surface area (Å²) in [6, 6.07) is 3.68. The molecule has 1 atom stereocenters. The summed E-state index contributed by atoms with van der Waals surface area (Å²) in [5.74, 6) is -0.541. The Bertz CT molecular complexity index is 551. The number of hydrogen-bond donors (Lipinski definition) is 1. The molecule has 0 spiro atoms. The van der Waals surface area contributed by atoms with Crippen molar-refractivity contribution in [2.45, 2.75) is 30.7 Å². The summed E-state index contributed by atoms with van der Waals surface area (Å²) in [7, 11) is -3.63. The fourth-order valence-electron chi connectivity index (χ4n) is 2.18. The van der Waals surface area contributed by atoms with E-state index in [1.807, 2.05) is 0 Å². The third-order valence-electron chi connectivity index (χ3n) is 3.19. The summed E-state index contributed by atoms with van der Waals surface area (Å²) in [4.78, 5) is 0.0385. The number of piperidine rings is 1. The second-order valence-corrected chi connectivity index (χ2v) is 6.58. The zero-order valence-corrected chi connectivity index (χ0v) is 12.3. The van der Waals surface area contributed by atoms with E-state index in [1.54, 1.807) is 6.92 Å². The number of halogens is 2. The number of rotatable bonds is 2. The maximum absolute atomic E-state index is 13.2. The van der Waals surface area contributed by atoms with Crippen LogP contribution in [-0.2, 0) is 10.0 Å². The molecule has 1 fully saturated rings. The predicted octanol–water partition coefficient (Wildman–Crippen LogP) is 1.67. The minimum Gasteiger partial charge on any atom is -0.327 e. The lowest BCUT2D eigenvalue weighted by Gasteiger charge is -2.30. The zero-order valence-electron chi connectivity index (χ0n) is 10.7. The highest BCUT2D eigenvalue weighted by Crippen LogP contribution is 2.23. The Balaban J connectivity index is 0.00000180. The Hall–Kier alpha value is -0.690. The van der Waals surface area contributed by atoms with Gasteiger partial charge in [0.2, 0.25) is 10.0 Å². The van der Waals surface area contributed by atoms with E-state index < -0.39 is 15.8 Å². The number of hydrogen-bond acceptors (Lipinski definition) is 3. The van der Waals surface area contributed by atoms with Gasteiger partial charge in [-0.15, -0.1) is 12.4 Å². The molecule has 19 heavy (non-hydrogen) atoms. The van der Waals surface area contributed by atoms with Crippen LogP contribution in [0.25, 0.3) is 0 Å². The summed E-state index contributed by atoms with van der Waals surface area (Å²) in [5.41, 5.74) is 6.34. The summed E-state index contributed by atoms with van der Waals surface area (Å²) < 4.78 is 39.4. The van der Waals surface area contributed by atoms with Crippen molar-refractivity contribution in [3.05, 3.63) is 29.6 Å². The number of benzene rings is 1. The van der Waals surface area contributed by atoms with E-state index in [2.05, 4.69) is 0 Å². The van der Waals surface area contributed by atoms with Crippen LogP contribution < -0.4 is 5.73 Å². The highest BCUT2D eigenvalue weighted by atomic mass is 35.5. The van der Waals surface area contributed by atoms with Crippen LogP contribution in [0, 0.1) is 12.7 Å². The molecule has 1 aromatic carbocycles. The van der Waals surface area contributed by atoms with Gasteiger partial charge in [-0.3, -0.25) is 0 Å². The highest BCUT2D eigenvalue weighted by molar-refractivity contribution is 7.89. The van der Waals surface area contributed by atoms with E-state index in [1.165, 1.54) is 16.4 Å². The molecular weight excluding hydrogens is 291 g/mol. The standard InChI is InChI=1S/C12H17FN2O2S.ClH/c1-9-4-5-10(13)7-12(9)18(16,17)15-6-2-3-11(14)8-15;/h4-5,7,11H,2-3,6,8,14H2,1H3;1H/t11-;/m1./s1.